The second-order valence-corrected chi connectivity index (χ2v) is 10.0. The lowest BCUT2D eigenvalue weighted by Crippen LogP contribution is -2.40. The van der Waals surface area contributed by atoms with Gasteiger partial charge >= 0.3 is 0 Å². The lowest BCUT2D eigenvalue weighted by molar-refractivity contribution is -0.125. The summed E-state index contributed by atoms with van der Waals surface area (Å²) in [7, 11) is 0. The highest BCUT2D eigenvalue weighted by Gasteiger charge is 2.26. The number of nitrogens with one attached hydrogen (secondary N) is 1. The van der Waals surface area contributed by atoms with Gasteiger partial charge in [0.2, 0.25) is 11.9 Å². The third kappa shape index (κ3) is 4.91. The number of hydrogen-bond acceptors (Lipinski definition) is 6. The summed E-state index contributed by atoms with van der Waals surface area (Å²) in [6.07, 6.45) is 3.82. The van der Waals surface area contributed by atoms with Crippen molar-refractivity contribution in [2.24, 2.45) is 0 Å². The number of thiophene rings is 1. The first-order valence-corrected chi connectivity index (χ1v) is 13.0. The molecule has 0 unspecified atom stereocenters. The molecule has 0 aliphatic carbocycles. The Bertz CT molecular complexity index is 1290. The summed E-state index contributed by atoms with van der Waals surface area (Å²) in [5, 5.41) is 2.99. The number of fused-ring (bicyclic) bond motifs is 1. The van der Waals surface area contributed by atoms with Crippen LogP contribution < -0.4 is 5.32 Å². The van der Waals surface area contributed by atoms with E-state index < -0.39 is 0 Å². The van der Waals surface area contributed by atoms with Crippen LogP contribution in [-0.4, -0.2) is 76.5 Å². The molecule has 1 aromatic carbocycles. The zero-order chi connectivity index (χ0) is 25.1. The van der Waals surface area contributed by atoms with Crippen LogP contribution in [0.5, 0.6) is 0 Å². The Hall–Kier alpha value is -3.50. The van der Waals surface area contributed by atoms with E-state index in [9.17, 15) is 14.4 Å². The second-order valence-electron chi connectivity index (χ2n) is 8.93. The molecule has 0 spiro atoms. The molecule has 0 radical (unpaired) electrons. The van der Waals surface area contributed by atoms with Gasteiger partial charge in [0.15, 0.2) is 0 Å². The number of anilines is 1. The van der Waals surface area contributed by atoms with E-state index in [1.165, 1.54) is 17.4 Å². The molecule has 0 saturated carbocycles. The quantitative estimate of drug-likeness (QED) is 0.533. The average Bonchev–Trinajstić information content (AvgIpc) is 3.47. The summed E-state index contributed by atoms with van der Waals surface area (Å²) in [6.45, 7) is 7.08. The van der Waals surface area contributed by atoms with Crippen molar-refractivity contribution in [2.45, 2.75) is 25.3 Å². The van der Waals surface area contributed by atoms with E-state index in [2.05, 4.69) is 16.5 Å². The fraction of sp³-hybridized carbons (Fsp3) is 0.385. The number of para-hydroxylation sites is 2. The van der Waals surface area contributed by atoms with Crippen molar-refractivity contribution in [3.63, 3.8) is 0 Å². The van der Waals surface area contributed by atoms with Crippen molar-refractivity contribution in [3.05, 3.63) is 58.8 Å². The topological polar surface area (TPSA) is 96.8 Å². The molecule has 36 heavy (non-hydrogen) atoms. The van der Waals surface area contributed by atoms with Gasteiger partial charge < -0.3 is 19.1 Å². The summed E-state index contributed by atoms with van der Waals surface area (Å²) in [6, 6.07) is 11.3. The van der Waals surface area contributed by atoms with E-state index in [4.69, 9.17) is 9.72 Å². The maximum absolute atomic E-state index is 13.2. The minimum atomic E-state index is -0.297. The molecule has 10 heteroatoms. The number of benzene rings is 1. The smallest absolute Gasteiger partial charge is 0.268 e. The highest BCUT2D eigenvalue weighted by molar-refractivity contribution is 7.16. The number of carbonyl (C=O) groups is 3. The predicted molar refractivity (Wildman–Crippen MR) is 138 cm³/mol. The largest absolute Gasteiger partial charge is 0.378 e. The van der Waals surface area contributed by atoms with Crippen LogP contribution >= 0.6 is 11.3 Å². The molecule has 2 fully saturated rings. The number of nitrogens with zero attached hydrogens (tertiary/aromatic N) is 4. The molecule has 2 saturated heterocycles. The predicted octanol–water partition coefficient (Wildman–Crippen LogP) is 3.56. The number of carbonyl (C=O) groups excluding carboxylic acids is 3. The summed E-state index contributed by atoms with van der Waals surface area (Å²) in [5.74, 6) is 0.0466. The molecule has 188 valence electrons. The summed E-state index contributed by atoms with van der Waals surface area (Å²) >= 11 is 1.18. The first kappa shape index (κ1) is 24.2. The van der Waals surface area contributed by atoms with E-state index in [-0.39, 0.29) is 23.8 Å². The summed E-state index contributed by atoms with van der Waals surface area (Å²) in [5.41, 5.74) is 1.74. The van der Waals surface area contributed by atoms with Crippen LogP contribution in [0.4, 0.5) is 5.95 Å². The number of morpholine rings is 1. The van der Waals surface area contributed by atoms with Crippen molar-refractivity contribution >= 4 is 46.0 Å². The van der Waals surface area contributed by atoms with Crippen molar-refractivity contribution in [2.75, 3.05) is 44.7 Å². The van der Waals surface area contributed by atoms with Gasteiger partial charge in [0, 0.05) is 32.2 Å². The van der Waals surface area contributed by atoms with E-state index in [0.29, 0.717) is 55.1 Å². The van der Waals surface area contributed by atoms with Crippen molar-refractivity contribution in [3.8, 4) is 0 Å². The third-order valence-corrected chi connectivity index (χ3v) is 7.78. The molecule has 2 aliphatic heterocycles. The van der Waals surface area contributed by atoms with E-state index in [1.807, 2.05) is 29.2 Å². The van der Waals surface area contributed by atoms with Crippen molar-refractivity contribution in [1.82, 2.24) is 19.4 Å². The third-order valence-electron chi connectivity index (χ3n) is 6.71. The average molecular weight is 508 g/mol. The van der Waals surface area contributed by atoms with Gasteiger partial charge in [0.1, 0.15) is 0 Å². The highest BCUT2D eigenvalue weighted by atomic mass is 32.1. The Kier molecular flexibility index (Phi) is 7.15. The SMILES string of the molecule is C=CC(=O)N1CCC[C@@H](n2c(NC(=O)c3ccc(C(=O)N4CCOCC4)s3)nc3ccccc32)CC1. The standard InChI is InChI=1S/C26H29N5O4S/c1-2-23(32)29-12-5-6-18(11-13-29)31-20-8-4-3-7-19(20)27-26(31)28-24(33)21-9-10-22(36-21)25(34)30-14-16-35-17-15-30/h2-4,7-10,18H,1,5-6,11-17H2,(H,27,28,33)/t18-/m1/s1. The van der Waals surface area contributed by atoms with Crippen LogP contribution in [0.1, 0.15) is 44.6 Å². The summed E-state index contributed by atoms with van der Waals surface area (Å²) in [4.78, 5) is 47.4. The van der Waals surface area contributed by atoms with Gasteiger partial charge in [-0.25, -0.2) is 4.98 Å². The van der Waals surface area contributed by atoms with Crippen LogP contribution in [0.25, 0.3) is 11.0 Å². The van der Waals surface area contributed by atoms with Crippen molar-refractivity contribution in [1.29, 1.82) is 0 Å². The van der Waals surface area contributed by atoms with Crippen LogP contribution in [0.2, 0.25) is 0 Å². The maximum atomic E-state index is 13.2. The zero-order valence-corrected chi connectivity index (χ0v) is 20.8. The normalized spacial score (nSPS) is 18.6. The number of hydrogen-bond donors (Lipinski definition) is 1. The molecule has 2 aromatic heterocycles. The zero-order valence-electron chi connectivity index (χ0n) is 20.0. The number of imidazole rings is 1. The Balaban J connectivity index is 1.37. The molecule has 3 aromatic rings. The Morgan fingerprint density at radius 3 is 2.58 bits per heavy atom. The molecule has 3 amide bonds. The van der Waals surface area contributed by atoms with Gasteiger partial charge in [-0.3, -0.25) is 19.7 Å². The van der Waals surface area contributed by atoms with E-state index in [1.54, 1.807) is 17.0 Å². The van der Waals surface area contributed by atoms with Crippen LogP contribution in [0.3, 0.4) is 0 Å². The monoisotopic (exact) mass is 507 g/mol. The fourth-order valence-corrected chi connectivity index (χ4v) is 5.72. The highest BCUT2D eigenvalue weighted by Crippen LogP contribution is 2.32. The lowest BCUT2D eigenvalue weighted by Gasteiger charge is -2.26. The number of rotatable bonds is 5. The van der Waals surface area contributed by atoms with Crippen LogP contribution in [-0.2, 0) is 9.53 Å². The molecule has 1 N–H and O–H groups in total. The first-order valence-electron chi connectivity index (χ1n) is 12.2. The molecule has 2 aliphatic rings. The van der Waals surface area contributed by atoms with Gasteiger partial charge in [-0.05, 0) is 49.6 Å². The van der Waals surface area contributed by atoms with Gasteiger partial charge in [0.25, 0.3) is 11.8 Å². The van der Waals surface area contributed by atoms with Crippen LogP contribution in [0, 0.1) is 0 Å². The van der Waals surface area contributed by atoms with E-state index in [0.717, 1.165) is 30.3 Å². The Morgan fingerprint density at radius 1 is 1.00 bits per heavy atom. The number of likely N-dealkylation sites (tertiary alicyclic amines) is 1. The molecule has 4 heterocycles. The van der Waals surface area contributed by atoms with Crippen molar-refractivity contribution < 1.29 is 19.1 Å². The van der Waals surface area contributed by atoms with Crippen LogP contribution in [0.15, 0.2) is 49.1 Å². The number of aromatic nitrogens is 2. The minimum absolute atomic E-state index is 0.0557. The molecule has 0 bridgehead atoms. The molecular formula is C26H29N5O4S. The maximum Gasteiger partial charge on any atom is 0.268 e. The number of ether oxygens (including phenoxy) is 1. The van der Waals surface area contributed by atoms with Gasteiger partial charge in [0.05, 0.1) is 34.0 Å². The van der Waals surface area contributed by atoms with Gasteiger partial charge in [-0.2, -0.15) is 0 Å². The minimum Gasteiger partial charge on any atom is -0.378 e. The second kappa shape index (κ2) is 10.6. The Labute approximate surface area is 213 Å². The number of amides is 3. The summed E-state index contributed by atoms with van der Waals surface area (Å²) < 4.78 is 7.41. The van der Waals surface area contributed by atoms with Gasteiger partial charge in [-0.15, -0.1) is 11.3 Å². The lowest BCUT2D eigenvalue weighted by atomic mass is 10.1. The molecule has 9 nitrogen and oxygen atoms in total. The Morgan fingerprint density at radius 2 is 1.78 bits per heavy atom. The molecule has 5 rings (SSSR count). The van der Waals surface area contributed by atoms with E-state index >= 15 is 0 Å². The first-order chi connectivity index (χ1) is 17.5. The van der Waals surface area contributed by atoms with Gasteiger partial charge in [-0.1, -0.05) is 18.7 Å². The fourth-order valence-electron chi connectivity index (χ4n) is 4.85. The molecule has 1 atom stereocenters. The molecular weight excluding hydrogens is 478 g/mol.